The molecule has 0 atom stereocenters. The predicted molar refractivity (Wildman–Crippen MR) is 73.9 cm³/mol. The van der Waals surface area contributed by atoms with Crippen molar-refractivity contribution in [2.45, 2.75) is 25.7 Å². The fourth-order valence-corrected chi connectivity index (χ4v) is 0.993. The molecule has 8 N–H and O–H groups in total. The molecule has 0 heterocycles. The number of hydrogen-bond acceptors (Lipinski definition) is 4. The van der Waals surface area contributed by atoms with Gasteiger partial charge in [0.2, 0.25) is 6.08 Å². The van der Waals surface area contributed by atoms with Gasteiger partial charge in [-0.25, -0.2) is 9.79 Å². The molecule has 8 nitrogen and oxygen atoms in total. The van der Waals surface area contributed by atoms with Gasteiger partial charge in [0.05, 0.1) is 0 Å². The lowest BCUT2D eigenvalue weighted by molar-refractivity contribution is 0.564. The zero-order chi connectivity index (χ0) is 14.2. The molecule has 0 rings (SSSR count). The number of carbonyl (C=O) groups excluding carboxylic acids is 1. The van der Waals surface area contributed by atoms with Crippen LogP contribution in [0.1, 0.15) is 25.7 Å². The number of rotatable bonds is 7. The van der Waals surface area contributed by atoms with Crippen LogP contribution >= 0.6 is 0 Å². The molecule has 0 aromatic heterocycles. The number of hydrogen-bond donors (Lipinski definition) is 4. The van der Waals surface area contributed by atoms with Gasteiger partial charge in [-0.1, -0.05) is 12.8 Å². The zero-order valence-corrected chi connectivity index (χ0v) is 10.8. The van der Waals surface area contributed by atoms with Crippen LogP contribution in [-0.2, 0) is 4.79 Å². The van der Waals surface area contributed by atoms with Crippen molar-refractivity contribution in [1.82, 2.24) is 0 Å². The molecule has 0 saturated carbocycles. The summed E-state index contributed by atoms with van der Waals surface area (Å²) >= 11 is 0. The van der Waals surface area contributed by atoms with E-state index in [9.17, 15) is 0 Å². The Bertz CT molecular complexity index is 265. The van der Waals surface area contributed by atoms with E-state index in [1.54, 1.807) is 0 Å². The van der Waals surface area contributed by atoms with Crippen LogP contribution in [0.5, 0.6) is 0 Å². The molecule has 8 heteroatoms. The first-order valence-corrected chi connectivity index (χ1v) is 5.61. The topological polar surface area (TPSA) is 158 Å². The van der Waals surface area contributed by atoms with Crippen molar-refractivity contribution in [2.75, 3.05) is 20.1 Å². The molecule has 104 valence electrons. The number of aliphatic imine (C=N–C) groups is 3. The van der Waals surface area contributed by atoms with Crippen molar-refractivity contribution in [1.29, 1.82) is 0 Å². The van der Waals surface area contributed by atoms with Crippen LogP contribution in [0, 0.1) is 0 Å². The van der Waals surface area contributed by atoms with E-state index in [1.807, 2.05) is 0 Å². The van der Waals surface area contributed by atoms with Gasteiger partial charge in [0.1, 0.15) is 0 Å². The molecular formula is C10H23N7O. The van der Waals surface area contributed by atoms with Crippen LogP contribution < -0.4 is 22.9 Å². The van der Waals surface area contributed by atoms with Gasteiger partial charge in [-0.3, -0.25) is 9.98 Å². The lowest BCUT2D eigenvalue weighted by atomic mass is 10.2. The van der Waals surface area contributed by atoms with E-state index in [0.717, 1.165) is 25.7 Å². The molecular weight excluding hydrogens is 234 g/mol. The van der Waals surface area contributed by atoms with E-state index >= 15 is 0 Å². The Morgan fingerprint density at radius 1 is 0.889 bits per heavy atom. The highest BCUT2D eigenvalue weighted by Crippen LogP contribution is 1.99. The van der Waals surface area contributed by atoms with E-state index in [1.165, 1.54) is 13.1 Å². The SMILES string of the molecule is CN=C=O.NC(N)=NCCCCCCN=C(N)N. The van der Waals surface area contributed by atoms with Crippen molar-refractivity contribution >= 4 is 18.0 Å². The van der Waals surface area contributed by atoms with Crippen molar-refractivity contribution in [3.05, 3.63) is 0 Å². The number of nitrogens with zero attached hydrogens (tertiary/aromatic N) is 3. The van der Waals surface area contributed by atoms with Gasteiger partial charge in [-0.05, 0) is 12.8 Å². The average Bonchev–Trinajstić information content (AvgIpc) is 2.32. The molecule has 0 amide bonds. The summed E-state index contributed by atoms with van der Waals surface area (Å²) in [7, 11) is 1.38. The van der Waals surface area contributed by atoms with Gasteiger partial charge in [-0.15, -0.1) is 0 Å². The zero-order valence-electron chi connectivity index (χ0n) is 10.8. The molecule has 0 aromatic carbocycles. The predicted octanol–water partition coefficient (Wildman–Crippen LogP) is -0.954. The fraction of sp³-hybridized carbons (Fsp3) is 0.700. The first-order valence-electron chi connectivity index (χ1n) is 5.61. The summed E-state index contributed by atoms with van der Waals surface area (Å²) in [6.45, 7) is 1.40. The monoisotopic (exact) mass is 257 g/mol. The smallest absolute Gasteiger partial charge is 0.234 e. The molecule has 0 bridgehead atoms. The third-order valence-corrected chi connectivity index (χ3v) is 1.75. The maximum Gasteiger partial charge on any atom is 0.234 e. The lowest BCUT2D eigenvalue weighted by Gasteiger charge is -1.97. The highest BCUT2D eigenvalue weighted by atomic mass is 16.1. The summed E-state index contributed by atoms with van der Waals surface area (Å²) in [5.74, 6) is 0.316. The van der Waals surface area contributed by atoms with Gasteiger partial charge in [0, 0.05) is 20.1 Å². The summed E-state index contributed by atoms with van der Waals surface area (Å²) in [5.41, 5.74) is 20.7. The minimum absolute atomic E-state index is 0.158. The summed E-state index contributed by atoms with van der Waals surface area (Å²) in [6.07, 6.45) is 5.49. The van der Waals surface area contributed by atoms with Gasteiger partial charge in [0.25, 0.3) is 0 Å². The molecule has 0 radical (unpaired) electrons. The highest BCUT2D eigenvalue weighted by Gasteiger charge is 1.89. The van der Waals surface area contributed by atoms with Crippen molar-refractivity contribution < 1.29 is 4.79 Å². The van der Waals surface area contributed by atoms with E-state index in [-0.39, 0.29) is 11.9 Å². The summed E-state index contributed by atoms with van der Waals surface area (Å²) in [4.78, 5) is 19.6. The number of nitrogens with two attached hydrogens (primary N) is 4. The van der Waals surface area contributed by atoms with Gasteiger partial charge in [0.15, 0.2) is 11.9 Å². The Hall–Kier alpha value is -2.08. The summed E-state index contributed by atoms with van der Waals surface area (Å²) in [6, 6.07) is 0. The Kier molecular flexibility index (Phi) is 15.2. The van der Waals surface area contributed by atoms with Crippen LogP contribution in [0.2, 0.25) is 0 Å². The Balaban J connectivity index is 0. The van der Waals surface area contributed by atoms with Crippen LogP contribution in [-0.4, -0.2) is 38.1 Å². The first kappa shape index (κ1) is 18.3. The number of guanidine groups is 2. The van der Waals surface area contributed by atoms with E-state index in [0.29, 0.717) is 13.1 Å². The maximum atomic E-state index is 8.88. The molecule has 0 spiro atoms. The number of isocyanates is 1. The van der Waals surface area contributed by atoms with Gasteiger partial charge in [-0.2, -0.15) is 0 Å². The second-order valence-electron chi connectivity index (χ2n) is 3.34. The van der Waals surface area contributed by atoms with Crippen LogP contribution in [0.15, 0.2) is 15.0 Å². The van der Waals surface area contributed by atoms with Crippen LogP contribution in [0.4, 0.5) is 0 Å². The minimum Gasteiger partial charge on any atom is -0.370 e. The molecule has 18 heavy (non-hydrogen) atoms. The quantitative estimate of drug-likeness (QED) is 0.200. The third kappa shape index (κ3) is 23.6. The second kappa shape index (κ2) is 14.9. The van der Waals surface area contributed by atoms with Crippen LogP contribution in [0.25, 0.3) is 0 Å². The second-order valence-corrected chi connectivity index (χ2v) is 3.34. The van der Waals surface area contributed by atoms with Crippen molar-refractivity contribution in [3.63, 3.8) is 0 Å². The highest BCUT2D eigenvalue weighted by molar-refractivity contribution is 5.75. The van der Waals surface area contributed by atoms with E-state index < -0.39 is 0 Å². The minimum atomic E-state index is 0.158. The Morgan fingerprint density at radius 2 is 1.22 bits per heavy atom. The summed E-state index contributed by atoms with van der Waals surface area (Å²) in [5, 5.41) is 0. The largest absolute Gasteiger partial charge is 0.370 e. The molecule has 0 aliphatic rings. The molecule has 0 aliphatic carbocycles. The molecule has 0 fully saturated rings. The normalized spacial score (nSPS) is 8.28. The molecule has 0 saturated heterocycles. The standard InChI is InChI=1S/C8H20N6.C2H3NO/c9-7(10)13-5-3-1-2-4-6-14-8(11)12;1-3-2-4/h1-6H2,(H4,9,10,13)(H4,11,12,14);1H3. The maximum absolute atomic E-state index is 8.88. The molecule has 0 unspecified atom stereocenters. The lowest BCUT2D eigenvalue weighted by Crippen LogP contribution is -2.23. The van der Waals surface area contributed by atoms with E-state index in [2.05, 4.69) is 15.0 Å². The van der Waals surface area contributed by atoms with Gasteiger partial charge < -0.3 is 22.9 Å². The Morgan fingerprint density at radius 3 is 1.44 bits per heavy atom. The van der Waals surface area contributed by atoms with Gasteiger partial charge >= 0.3 is 0 Å². The van der Waals surface area contributed by atoms with Crippen molar-refractivity contribution in [3.8, 4) is 0 Å². The Labute approximate surface area is 107 Å². The first-order chi connectivity index (χ1) is 8.54. The number of unbranched alkanes of at least 4 members (excludes halogenated alkanes) is 3. The van der Waals surface area contributed by atoms with Crippen molar-refractivity contribution in [2.24, 2.45) is 37.9 Å². The average molecular weight is 257 g/mol. The summed E-state index contributed by atoms with van der Waals surface area (Å²) < 4.78 is 0. The third-order valence-electron chi connectivity index (χ3n) is 1.75. The fourth-order valence-electron chi connectivity index (χ4n) is 0.993. The van der Waals surface area contributed by atoms with E-state index in [4.69, 9.17) is 27.7 Å². The van der Waals surface area contributed by atoms with Crippen LogP contribution in [0.3, 0.4) is 0 Å². The molecule has 0 aromatic rings. The molecule has 0 aliphatic heterocycles.